The van der Waals surface area contributed by atoms with Crippen LogP contribution in [-0.4, -0.2) is 0 Å². The molecule has 2 heterocycles. The number of hydrogen-bond donors (Lipinski definition) is 0. The van der Waals surface area contributed by atoms with Crippen LogP contribution in [-0.2, 0) is 5.41 Å². The summed E-state index contributed by atoms with van der Waals surface area (Å²) < 4.78 is 5.19. The summed E-state index contributed by atoms with van der Waals surface area (Å²) in [5.74, 6) is 0. The molecule has 2 nitrogen and oxygen atoms in total. The van der Waals surface area contributed by atoms with Crippen molar-refractivity contribution in [3.63, 3.8) is 0 Å². The van der Waals surface area contributed by atoms with E-state index in [0.717, 1.165) is 22.7 Å². The molecule has 372 valence electrons. The average Bonchev–Trinajstić information content (AvgIpc) is 3.34. The van der Waals surface area contributed by atoms with Gasteiger partial charge in [-0.1, -0.05) is 196 Å². The zero-order valence-electron chi connectivity index (χ0n) is 43.6. The molecule has 13 aromatic carbocycles. The molecule has 0 N–H and O–H groups in total. The maximum Gasteiger partial charge on any atom is 0.0640 e. The minimum absolute atomic E-state index is 0.292. The average molecular weight is 1040 g/mol. The Morgan fingerprint density at radius 3 is 1.28 bits per heavy atom. The molecule has 0 fully saturated rings. The van der Waals surface area contributed by atoms with Crippen molar-refractivity contribution in [1.82, 2.24) is 0 Å². The van der Waals surface area contributed by atoms with Crippen molar-refractivity contribution in [2.45, 2.75) is 19.3 Å². The van der Waals surface area contributed by atoms with E-state index in [-0.39, 0.29) is 5.41 Å². The van der Waals surface area contributed by atoms with Crippen LogP contribution in [0.15, 0.2) is 267 Å². The lowest BCUT2D eigenvalue weighted by Crippen LogP contribution is -2.16. The topological polar surface area (TPSA) is 6.48 Å². The van der Waals surface area contributed by atoms with Crippen LogP contribution in [0.1, 0.15) is 25.0 Å². The Morgan fingerprint density at radius 1 is 0.291 bits per heavy atom. The first-order valence-electron chi connectivity index (χ1n) is 27.2. The molecule has 0 saturated heterocycles. The molecule has 1 aliphatic carbocycles. The van der Waals surface area contributed by atoms with Gasteiger partial charge in [0.2, 0.25) is 0 Å². The summed E-state index contributed by atoms with van der Waals surface area (Å²) in [6, 6.07) is 99.0. The molecule has 0 unspecified atom stereocenters. The first-order chi connectivity index (χ1) is 39.0. The van der Waals surface area contributed by atoms with Crippen molar-refractivity contribution in [3.05, 3.63) is 278 Å². The fourth-order valence-electron chi connectivity index (χ4n) is 13.2. The van der Waals surface area contributed by atoms with E-state index in [1.54, 1.807) is 0 Å². The first kappa shape index (κ1) is 45.8. The third kappa shape index (κ3) is 7.08. The van der Waals surface area contributed by atoms with Gasteiger partial charge in [-0.25, -0.2) is 0 Å². The van der Waals surface area contributed by atoms with Gasteiger partial charge in [0.05, 0.1) is 20.8 Å². The number of fused-ring (bicyclic) bond motifs is 16. The first-order valence-corrected chi connectivity index (χ1v) is 28.9. The normalized spacial score (nSPS) is 12.8. The van der Waals surface area contributed by atoms with Gasteiger partial charge in [-0.3, -0.25) is 0 Å². The van der Waals surface area contributed by atoms with Crippen molar-refractivity contribution in [2.24, 2.45) is 0 Å². The Bertz CT molecular complexity index is 4920. The molecule has 0 spiro atoms. The van der Waals surface area contributed by atoms with Crippen molar-refractivity contribution in [3.8, 4) is 33.4 Å². The van der Waals surface area contributed by atoms with Crippen molar-refractivity contribution in [2.75, 3.05) is 9.80 Å². The van der Waals surface area contributed by atoms with E-state index >= 15 is 0 Å². The fraction of sp³-hybridized carbons (Fsp3) is 0.0400. The van der Waals surface area contributed by atoms with Gasteiger partial charge in [-0.15, -0.1) is 22.7 Å². The lowest BCUT2D eigenvalue weighted by atomic mass is 9.78. The number of thiophene rings is 2. The Morgan fingerprint density at radius 2 is 0.722 bits per heavy atom. The number of anilines is 6. The van der Waals surface area contributed by atoms with Crippen LogP contribution >= 0.6 is 22.7 Å². The Hall–Kier alpha value is -9.32. The summed E-state index contributed by atoms with van der Waals surface area (Å²) in [4.78, 5) is 4.84. The van der Waals surface area contributed by atoms with Crippen LogP contribution in [0.3, 0.4) is 0 Å². The molecule has 0 atom stereocenters. The molecule has 0 aliphatic heterocycles. The molecule has 2 aromatic heterocycles. The molecule has 0 amide bonds. The van der Waals surface area contributed by atoms with Crippen LogP contribution in [0, 0.1) is 0 Å². The molecule has 1 aliphatic rings. The standard InChI is InChI=1S/C75H50N2S2/c1-75(2)65-46-63(48-37-42-53(43-38-48)77(51-21-7-4-8-22-51)67-32-18-30-62-57-26-14-16-34-69(57)79-74(62)67)54-23-9-11-27-58(54)70(65)71-59-28-12-10-24-55(59)64-45-49(39-44-60(64)72(71)75)47-35-40-52(41-36-47)76(50-19-5-3-6-20-50)66-31-17-29-61-56-25-13-15-33-68(56)78-73(61)66/h3-46H,1-2H3. The van der Waals surface area contributed by atoms with E-state index in [9.17, 15) is 0 Å². The van der Waals surface area contributed by atoms with Gasteiger partial charge in [-0.2, -0.15) is 0 Å². The zero-order valence-corrected chi connectivity index (χ0v) is 45.2. The number of nitrogens with zero attached hydrogens (tertiary/aromatic N) is 2. The second-order valence-electron chi connectivity index (χ2n) is 21.5. The minimum Gasteiger partial charge on any atom is -0.309 e. The van der Waals surface area contributed by atoms with Crippen LogP contribution in [0.4, 0.5) is 34.1 Å². The van der Waals surface area contributed by atoms with Crippen molar-refractivity contribution < 1.29 is 0 Å². The lowest BCUT2D eigenvalue weighted by molar-refractivity contribution is 0.667. The van der Waals surface area contributed by atoms with Gasteiger partial charge >= 0.3 is 0 Å². The van der Waals surface area contributed by atoms with E-state index < -0.39 is 0 Å². The van der Waals surface area contributed by atoms with E-state index in [1.807, 2.05) is 22.7 Å². The van der Waals surface area contributed by atoms with E-state index in [2.05, 4.69) is 291 Å². The maximum absolute atomic E-state index is 2.52. The Kier molecular flexibility index (Phi) is 10.4. The van der Waals surface area contributed by atoms with Gasteiger partial charge in [0, 0.05) is 59.1 Å². The predicted octanol–water partition coefficient (Wildman–Crippen LogP) is 22.5. The Labute approximate surface area is 466 Å². The zero-order chi connectivity index (χ0) is 52.3. The summed E-state index contributed by atoms with van der Waals surface area (Å²) in [6.45, 7) is 4.90. The SMILES string of the molecule is CC1(C)c2cc(-c3ccc(N(c4ccccc4)c4cccc5c4sc4ccccc45)cc3)c3ccccc3c2-c2c1c1ccc(-c3ccc(N(c4ccccc4)c4cccc5c4sc4ccccc45)cc3)cc1c1ccccc21. The molecular formula is C75H50N2S2. The van der Waals surface area contributed by atoms with Crippen molar-refractivity contribution >= 4 is 129 Å². The Balaban J connectivity index is 0.800. The predicted molar refractivity (Wildman–Crippen MR) is 343 cm³/mol. The molecule has 4 heteroatoms. The summed E-state index contributed by atoms with van der Waals surface area (Å²) in [5.41, 5.74) is 17.0. The van der Waals surface area contributed by atoms with Crippen molar-refractivity contribution in [1.29, 1.82) is 0 Å². The molecule has 0 saturated carbocycles. The highest BCUT2D eigenvalue weighted by Gasteiger charge is 2.40. The van der Waals surface area contributed by atoms with Crippen LogP contribution in [0.2, 0.25) is 0 Å². The minimum atomic E-state index is -0.292. The number of benzene rings is 13. The summed E-state index contributed by atoms with van der Waals surface area (Å²) in [5, 5.41) is 12.9. The highest BCUT2D eigenvalue weighted by Crippen LogP contribution is 2.58. The highest BCUT2D eigenvalue weighted by molar-refractivity contribution is 7.26. The van der Waals surface area contributed by atoms with E-state index in [4.69, 9.17) is 0 Å². The molecule has 16 rings (SSSR count). The largest absolute Gasteiger partial charge is 0.309 e. The van der Waals surface area contributed by atoms with Gasteiger partial charge in [0.15, 0.2) is 0 Å². The number of para-hydroxylation sites is 2. The third-order valence-corrected chi connectivity index (χ3v) is 19.2. The molecule has 0 bridgehead atoms. The van der Waals surface area contributed by atoms with Crippen LogP contribution in [0.5, 0.6) is 0 Å². The molecular weight excluding hydrogens is 993 g/mol. The van der Waals surface area contributed by atoms with Crippen LogP contribution < -0.4 is 9.80 Å². The van der Waals surface area contributed by atoms with Gasteiger partial charge in [0.1, 0.15) is 0 Å². The van der Waals surface area contributed by atoms with E-state index in [0.29, 0.717) is 0 Å². The summed E-state index contributed by atoms with van der Waals surface area (Å²) in [6.07, 6.45) is 0. The second kappa shape index (κ2) is 17.9. The highest BCUT2D eigenvalue weighted by atomic mass is 32.1. The van der Waals surface area contributed by atoms with Gasteiger partial charge in [0.25, 0.3) is 0 Å². The fourth-order valence-corrected chi connectivity index (χ4v) is 15.6. The number of rotatable bonds is 8. The molecule has 0 radical (unpaired) electrons. The van der Waals surface area contributed by atoms with Crippen LogP contribution in [0.25, 0.3) is 106 Å². The summed E-state index contributed by atoms with van der Waals surface area (Å²) in [7, 11) is 0. The second-order valence-corrected chi connectivity index (χ2v) is 23.6. The monoisotopic (exact) mass is 1040 g/mol. The van der Waals surface area contributed by atoms with Gasteiger partial charge < -0.3 is 9.80 Å². The number of hydrogen-bond acceptors (Lipinski definition) is 4. The quantitative estimate of drug-likeness (QED) is 0.140. The molecule has 79 heavy (non-hydrogen) atoms. The third-order valence-electron chi connectivity index (χ3n) is 16.8. The van der Waals surface area contributed by atoms with Gasteiger partial charge in [-0.05, 0) is 162 Å². The smallest absolute Gasteiger partial charge is 0.0640 e. The lowest BCUT2D eigenvalue weighted by Gasteiger charge is -2.27. The maximum atomic E-state index is 2.52. The summed E-state index contributed by atoms with van der Waals surface area (Å²) >= 11 is 3.74. The van der Waals surface area contributed by atoms with E-state index in [1.165, 1.54) is 129 Å². The molecule has 15 aromatic rings.